The second kappa shape index (κ2) is 16.3. The van der Waals surface area contributed by atoms with E-state index >= 15 is 0 Å². The third kappa shape index (κ3) is 15.3. The highest BCUT2D eigenvalue weighted by atomic mass is 16.5. The zero-order valence-corrected chi connectivity index (χ0v) is 14.6. The van der Waals surface area contributed by atoms with E-state index in [9.17, 15) is 9.59 Å². The highest BCUT2D eigenvalue weighted by Gasteiger charge is 2.05. The van der Waals surface area contributed by atoms with E-state index < -0.39 is 0 Å². The fourth-order valence-electron chi connectivity index (χ4n) is 2.21. The van der Waals surface area contributed by atoms with Crippen molar-refractivity contribution in [2.75, 3.05) is 13.2 Å². The maximum Gasteiger partial charge on any atom is 0.305 e. The van der Waals surface area contributed by atoms with Gasteiger partial charge in [-0.15, -0.1) is 0 Å². The van der Waals surface area contributed by atoms with Crippen molar-refractivity contribution < 1.29 is 14.3 Å². The SMILES string of the molecule is CCCCCCNC(=O)CCCCC(=O)OCCCCCC. The van der Waals surface area contributed by atoms with Gasteiger partial charge >= 0.3 is 5.97 Å². The maximum absolute atomic E-state index is 11.6. The number of unbranched alkanes of at least 4 members (excludes halogenated alkanes) is 7. The van der Waals surface area contributed by atoms with Crippen molar-refractivity contribution in [2.24, 2.45) is 0 Å². The van der Waals surface area contributed by atoms with E-state index in [0.717, 1.165) is 38.6 Å². The first-order valence-corrected chi connectivity index (χ1v) is 9.13. The molecule has 1 N–H and O–H groups in total. The number of rotatable bonds is 15. The van der Waals surface area contributed by atoms with Gasteiger partial charge < -0.3 is 10.1 Å². The minimum absolute atomic E-state index is 0.101. The number of hydrogen-bond donors (Lipinski definition) is 1. The Balaban J connectivity index is 3.32. The highest BCUT2D eigenvalue weighted by molar-refractivity contribution is 5.75. The Kier molecular flexibility index (Phi) is 15.5. The van der Waals surface area contributed by atoms with Gasteiger partial charge in [0, 0.05) is 19.4 Å². The first-order chi connectivity index (χ1) is 10.7. The van der Waals surface area contributed by atoms with Gasteiger partial charge in [0.05, 0.1) is 6.61 Å². The number of nitrogens with one attached hydrogen (secondary N) is 1. The molecule has 0 bridgehead atoms. The molecule has 4 heteroatoms. The summed E-state index contributed by atoms with van der Waals surface area (Å²) in [5, 5.41) is 2.93. The molecule has 1 amide bonds. The molecule has 0 aliphatic rings. The first-order valence-electron chi connectivity index (χ1n) is 9.13. The lowest BCUT2D eigenvalue weighted by Crippen LogP contribution is -2.24. The van der Waals surface area contributed by atoms with Crippen LogP contribution >= 0.6 is 0 Å². The van der Waals surface area contributed by atoms with Crippen molar-refractivity contribution >= 4 is 11.9 Å². The number of amides is 1. The summed E-state index contributed by atoms with van der Waals surface area (Å²) in [6, 6.07) is 0. The average molecular weight is 313 g/mol. The van der Waals surface area contributed by atoms with Gasteiger partial charge in [-0.25, -0.2) is 0 Å². The second-order valence-electron chi connectivity index (χ2n) is 5.90. The Morgan fingerprint density at radius 1 is 0.773 bits per heavy atom. The molecule has 0 aromatic rings. The molecule has 22 heavy (non-hydrogen) atoms. The monoisotopic (exact) mass is 313 g/mol. The molecule has 0 unspecified atom stereocenters. The Bertz CT molecular complexity index is 252. The normalized spacial score (nSPS) is 10.5. The van der Waals surface area contributed by atoms with Gasteiger partial charge in [0.15, 0.2) is 0 Å². The van der Waals surface area contributed by atoms with Crippen molar-refractivity contribution in [3.05, 3.63) is 0 Å². The smallest absolute Gasteiger partial charge is 0.305 e. The van der Waals surface area contributed by atoms with E-state index in [1.807, 2.05) is 0 Å². The number of carbonyl (C=O) groups excluding carboxylic acids is 2. The van der Waals surface area contributed by atoms with Crippen molar-refractivity contribution in [2.45, 2.75) is 90.9 Å². The van der Waals surface area contributed by atoms with Crippen LogP contribution in [0.3, 0.4) is 0 Å². The molecular weight excluding hydrogens is 278 g/mol. The van der Waals surface area contributed by atoms with Gasteiger partial charge in [-0.2, -0.15) is 0 Å². The molecule has 4 nitrogen and oxygen atoms in total. The molecule has 0 fully saturated rings. The van der Waals surface area contributed by atoms with Crippen LogP contribution < -0.4 is 5.32 Å². The summed E-state index contributed by atoms with van der Waals surface area (Å²) in [7, 11) is 0. The van der Waals surface area contributed by atoms with Crippen LogP contribution in [0.4, 0.5) is 0 Å². The van der Waals surface area contributed by atoms with E-state index in [1.54, 1.807) is 0 Å². The third-order valence-corrected chi connectivity index (χ3v) is 3.65. The largest absolute Gasteiger partial charge is 0.466 e. The third-order valence-electron chi connectivity index (χ3n) is 3.65. The molecule has 0 atom stereocenters. The Morgan fingerprint density at radius 3 is 2.09 bits per heavy atom. The summed E-state index contributed by atoms with van der Waals surface area (Å²) in [5.41, 5.74) is 0. The predicted octanol–water partition coefficient (Wildman–Crippen LogP) is 4.37. The fourth-order valence-corrected chi connectivity index (χ4v) is 2.21. The Hall–Kier alpha value is -1.06. The first kappa shape index (κ1) is 20.9. The fraction of sp³-hybridized carbons (Fsp3) is 0.889. The van der Waals surface area contributed by atoms with E-state index in [4.69, 9.17) is 4.74 Å². The van der Waals surface area contributed by atoms with Crippen molar-refractivity contribution in [3.8, 4) is 0 Å². The van der Waals surface area contributed by atoms with Crippen LogP contribution in [0.2, 0.25) is 0 Å². The molecule has 0 saturated heterocycles. The van der Waals surface area contributed by atoms with Crippen molar-refractivity contribution in [3.63, 3.8) is 0 Å². The molecule has 0 aliphatic carbocycles. The molecule has 130 valence electrons. The van der Waals surface area contributed by atoms with Gasteiger partial charge in [0.25, 0.3) is 0 Å². The van der Waals surface area contributed by atoms with Gasteiger partial charge in [-0.05, 0) is 25.7 Å². The second-order valence-corrected chi connectivity index (χ2v) is 5.90. The van der Waals surface area contributed by atoms with Crippen molar-refractivity contribution in [1.29, 1.82) is 0 Å². The van der Waals surface area contributed by atoms with Gasteiger partial charge in [0.1, 0.15) is 0 Å². The zero-order chi connectivity index (χ0) is 16.5. The quantitative estimate of drug-likeness (QED) is 0.361. The van der Waals surface area contributed by atoms with Crippen LogP contribution in [-0.2, 0) is 14.3 Å². The molecule has 0 aromatic carbocycles. The Morgan fingerprint density at radius 2 is 1.41 bits per heavy atom. The number of carbonyl (C=O) groups is 2. The van der Waals surface area contributed by atoms with Crippen LogP contribution in [0, 0.1) is 0 Å². The summed E-state index contributed by atoms with van der Waals surface area (Å²) in [6.45, 7) is 5.65. The molecule has 0 spiro atoms. The van der Waals surface area contributed by atoms with E-state index in [0.29, 0.717) is 19.4 Å². The summed E-state index contributed by atoms with van der Waals surface area (Å²) < 4.78 is 5.16. The van der Waals surface area contributed by atoms with Crippen LogP contribution in [0.1, 0.15) is 90.9 Å². The predicted molar refractivity (Wildman–Crippen MR) is 90.7 cm³/mol. The Labute approximate surface area is 136 Å². The van der Waals surface area contributed by atoms with E-state index in [-0.39, 0.29) is 11.9 Å². The molecular formula is C18H35NO3. The zero-order valence-electron chi connectivity index (χ0n) is 14.6. The standard InChI is InChI=1S/C18H35NO3/c1-3-5-7-11-15-19-17(20)13-9-10-14-18(21)22-16-12-8-6-4-2/h3-16H2,1-2H3,(H,19,20). The molecule has 0 radical (unpaired) electrons. The molecule has 0 rings (SSSR count). The lowest BCUT2D eigenvalue weighted by Gasteiger charge is -2.06. The molecule has 0 aromatic heterocycles. The van der Waals surface area contributed by atoms with Crippen molar-refractivity contribution in [1.82, 2.24) is 5.32 Å². The van der Waals surface area contributed by atoms with Gasteiger partial charge in [0.2, 0.25) is 5.91 Å². The highest BCUT2D eigenvalue weighted by Crippen LogP contribution is 2.04. The molecule has 0 saturated carbocycles. The summed E-state index contributed by atoms with van der Waals surface area (Å²) in [5.74, 6) is -0.0269. The minimum atomic E-state index is -0.128. The minimum Gasteiger partial charge on any atom is -0.466 e. The van der Waals surface area contributed by atoms with Crippen LogP contribution in [0.25, 0.3) is 0 Å². The average Bonchev–Trinajstić information content (AvgIpc) is 2.51. The van der Waals surface area contributed by atoms with Crippen LogP contribution in [-0.4, -0.2) is 25.0 Å². The van der Waals surface area contributed by atoms with Gasteiger partial charge in [-0.1, -0.05) is 52.4 Å². The molecule has 0 heterocycles. The number of hydrogen-bond acceptors (Lipinski definition) is 3. The van der Waals surface area contributed by atoms with E-state index in [2.05, 4.69) is 19.2 Å². The lowest BCUT2D eigenvalue weighted by molar-refractivity contribution is -0.144. The number of esters is 1. The summed E-state index contributed by atoms with van der Waals surface area (Å²) in [6.07, 6.45) is 11.6. The topological polar surface area (TPSA) is 55.4 Å². The summed E-state index contributed by atoms with van der Waals surface area (Å²) >= 11 is 0. The summed E-state index contributed by atoms with van der Waals surface area (Å²) in [4.78, 5) is 23.0. The van der Waals surface area contributed by atoms with Gasteiger partial charge in [-0.3, -0.25) is 9.59 Å². The van der Waals surface area contributed by atoms with Crippen LogP contribution in [0.5, 0.6) is 0 Å². The number of ether oxygens (including phenoxy) is 1. The lowest BCUT2D eigenvalue weighted by atomic mass is 10.2. The maximum atomic E-state index is 11.6. The molecule has 0 aliphatic heterocycles. The van der Waals surface area contributed by atoms with E-state index in [1.165, 1.54) is 32.1 Å². The van der Waals surface area contributed by atoms with Crippen LogP contribution in [0.15, 0.2) is 0 Å².